The van der Waals surface area contributed by atoms with Gasteiger partial charge in [-0.05, 0) is 29.2 Å². The van der Waals surface area contributed by atoms with E-state index in [4.69, 9.17) is 0 Å². The first-order chi connectivity index (χ1) is 10.1. The van der Waals surface area contributed by atoms with Crippen molar-refractivity contribution in [1.82, 2.24) is 10.2 Å². The standard InChI is InChI=1S/C16H22BrF3N2.2ClH/c1-15(2,3)14(22-6-4-21-5-7-22)11-8-12(16(18,19)20)10-13(17)9-11;;/h8-10,14,21H,4-7H2,1-3H3;2*1H/t14-;;/m1../s1. The van der Waals surface area contributed by atoms with Gasteiger partial charge in [-0.3, -0.25) is 4.90 Å². The van der Waals surface area contributed by atoms with Crippen LogP contribution in [0.3, 0.4) is 0 Å². The Balaban J connectivity index is 0.00000264. The zero-order chi connectivity index (χ0) is 16.5. The Hall–Kier alpha value is -0.0100. The number of nitrogens with one attached hydrogen (secondary N) is 1. The molecule has 2 rings (SSSR count). The molecule has 2 nitrogen and oxygen atoms in total. The summed E-state index contributed by atoms with van der Waals surface area (Å²) in [6.07, 6.45) is -4.33. The lowest BCUT2D eigenvalue weighted by Gasteiger charge is -2.43. The van der Waals surface area contributed by atoms with Gasteiger partial charge < -0.3 is 5.32 Å². The van der Waals surface area contributed by atoms with Crippen molar-refractivity contribution in [2.45, 2.75) is 33.0 Å². The maximum Gasteiger partial charge on any atom is 0.416 e. The molecule has 24 heavy (non-hydrogen) atoms. The lowest BCUT2D eigenvalue weighted by atomic mass is 9.80. The van der Waals surface area contributed by atoms with E-state index in [-0.39, 0.29) is 36.3 Å². The SMILES string of the molecule is CC(C)(C)[C@@H](c1cc(Br)cc(C(F)(F)F)c1)N1CCNCC1.Cl.Cl. The topological polar surface area (TPSA) is 15.3 Å². The first-order valence-electron chi connectivity index (χ1n) is 7.41. The normalized spacial score (nSPS) is 17.6. The van der Waals surface area contributed by atoms with E-state index in [1.54, 1.807) is 0 Å². The van der Waals surface area contributed by atoms with Crippen LogP contribution >= 0.6 is 40.7 Å². The zero-order valence-corrected chi connectivity index (χ0v) is 17.1. The third-order valence-corrected chi connectivity index (χ3v) is 4.36. The summed E-state index contributed by atoms with van der Waals surface area (Å²) < 4.78 is 39.8. The summed E-state index contributed by atoms with van der Waals surface area (Å²) in [7, 11) is 0. The highest BCUT2D eigenvalue weighted by Gasteiger charge is 2.36. The molecule has 1 N–H and O–H groups in total. The monoisotopic (exact) mass is 450 g/mol. The van der Waals surface area contributed by atoms with Crippen LogP contribution in [0.2, 0.25) is 0 Å². The van der Waals surface area contributed by atoms with Gasteiger partial charge in [-0.15, -0.1) is 24.8 Å². The maximum absolute atomic E-state index is 13.1. The molecule has 8 heteroatoms. The third-order valence-electron chi connectivity index (χ3n) is 3.90. The van der Waals surface area contributed by atoms with E-state index in [1.807, 2.05) is 6.07 Å². The van der Waals surface area contributed by atoms with Gasteiger partial charge >= 0.3 is 6.18 Å². The summed E-state index contributed by atoms with van der Waals surface area (Å²) in [5, 5.41) is 3.29. The van der Waals surface area contributed by atoms with Crippen molar-refractivity contribution in [1.29, 1.82) is 0 Å². The Labute approximate surface area is 162 Å². The van der Waals surface area contributed by atoms with Crippen molar-refractivity contribution in [2.24, 2.45) is 5.41 Å². The number of hydrogen-bond acceptors (Lipinski definition) is 2. The summed E-state index contributed by atoms with van der Waals surface area (Å²) in [5.41, 5.74) is -0.0292. The molecule has 0 bridgehead atoms. The molecule has 1 fully saturated rings. The molecule has 0 radical (unpaired) electrons. The van der Waals surface area contributed by atoms with Crippen LogP contribution in [0.1, 0.15) is 37.9 Å². The number of hydrogen-bond donors (Lipinski definition) is 1. The van der Waals surface area contributed by atoms with Crippen LogP contribution in [0.5, 0.6) is 0 Å². The second-order valence-corrected chi connectivity index (χ2v) is 7.74. The van der Waals surface area contributed by atoms with E-state index < -0.39 is 11.7 Å². The number of halogens is 6. The molecule has 1 heterocycles. The van der Waals surface area contributed by atoms with Gasteiger partial charge in [0, 0.05) is 36.7 Å². The molecular weight excluding hydrogens is 428 g/mol. The first kappa shape index (κ1) is 24.0. The second-order valence-electron chi connectivity index (χ2n) is 6.83. The van der Waals surface area contributed by atoms with E-state index in [1.165, 1.54) is 6.07 Å². The molecule has 1 aromatic rings. The van der Waals surface area contributed by atoms with Gasteiger partial charge in [0.1, 0.15) is 0 Å². The van der Waals surface area contributed by atoms with Crippen LogP contribution in [-0.2, 0) is 6.18 Å². The number of piperazine rings is 1. The van der Waals surface area contributed by atoms with Crippen LogP contribution in [-0.4, -0.2) is 31.1 Å². The lowest BCUT2D eigenvalue weighted by Crippen LogP contribution is -2.48. The minimum atomic E-state index is -4.33. The second kappa shape index (κ2) is 9.08. The molecule has 0 aromatic heterocycles. The highest BCUT2D eigenvalue weighted by atomic mass is 79.9. The van der Waals surface area contributed by atoms with Crippen molar-refractivity contribution in [3.05, 3.63) is 33.8 Å². The van der Waals surface area contributed by atoms with Gasteiger partial charge in [0.2, 0.25) is 0 Å². The van der Waals surface area contributed by atoms with Gasteiger partial charge in [0.05, 0.1) is 5.56 Å². The maximum atomic E-state index is 13.1. The van der Waals surface area contributed by atoms with Crippen LogP contribution in [0.25, 0.3) is 0 Å². The minimum absolute atomic E-state index is 0. The Morgan fingerprint density at radius 2 is 1.58 bits per heavy atom. The fraction of sp³-hybridized carbons (Fsp3) is 0.625. The third kappa shape index (κ3) is 6.06. The first-order valence-corrected chi connectivity index (χ1v) is 8.21. The molecule has 1 aliphatic rings. The predicted molar refractivity (Wildman–Crippen MR) is 100 cm³/mol. The lowest BCUT2D eigenvalue weighted by molar-refractivity contribution is -0.137. The number of alkyl halides is 3. The highest BCUT2D eigenvalue weighted by molar-refractivity contribution is 9.10. The molecular formula is C16H24BrCl2F3N2. The Morgan fingerprint density at radius 1 is 1.04 bits per heavy atom. The predicted octanol–water partition coefficient (Wildman–Crippen LogP) is 5.30. The smallest absolute Gasteiger partial charge is 0.314 e. The molecule has 1 aliphatic heterocycles. The highest BCUT2D eigenvalue weighted by Crippen LogP contribution is 2.41. The summed E-state index contributed by atoms with van der Waals surface area (Å²) in [5.74, 6) is 0. The Kier molecular flexibility index (Phi) is 9.08. The van der Waals surface area contributed by atoms with Crippen molar-refractivity contribution >= 4 is 40.7 Å². The Morgan fingerprint density at radius 3 is 2.04 bits per heavy atom. The average Bonchev–Trinajstić information content (AvgIpc) is 2.36. The van der Waals surface area contributed by atoms with Gasteiger partial charge in [-0.1, -0.05) is 36.7 Å². The zero-order valence-electron chi connectivity index (χ0n) is 13.9. The largest absolute Gasteiger partial charge is 0.416 e. The summed E-state index contributed by atoms with van der Waals surface area (Å²) >= 11 is 3.23. The molecule has 0 amide bonds. The summed E-state index contributed by atoms with van der Waals surface area (Å²) in [6.45, 7) is 9.65. The molecule has 1 aromatic carbocycles. The van der Waals surface area contributed by atoms with Gasteiger partial charge in [-0.2, -0.15) is 13.2 Å². The van der Waals surface area contributed by atoms with Crippen LogP contribution in [0.15, 0.2) is 22.7 Å². The van der Waals surface area contributed by atoms with Gasteiger partial charge in [-0.25, -0.2) is 0 Å². The quantitative estimate of drug-likeness (QED) is 0.655. The molecule has 0 saturated carbocycles. The fourth-order valence-electron chi connectivity index (χ4n) is 3.13. The van der Waals surface area contributed by atoms with E-state index in [2.05, 4.69) is 46.9 Å². The van der Waals surface area contributed by atoms with E-state index in [0.29, 0.717) is 4.47 Å². The molecule has 0 unspecified atom stereocenters. The summed E-state index contributed by atoms with van der Waals surface area (Å²) in [6, 6.07) is 4.20. The van der Waals surface area contributed by atoms with Crippen LogP contribution < -0.4 is 5.32 Å². The summed E-state index contributed by atoms with van der Waals surface area (Å²) in [4.78, 5) is 2.28. The average molecular weight is 452 g/mol. The van der Waals surface area contributed by atoms with E-state index in [0.717, 1.165) is 37.8 Å². The van der Waals surface area contributed by atoms with Gasteiger partial charge in [0.15, 0.2) is 0 Å². The number of rotatable bonds is 2. The molecule has 0 spiro atoms. The van der Waals surface area contributed by atoms with Crippen molar-refractivity contribution in [3.8, 4) is 0 Å². The Bertz CT molecular complexity index is 527. The van der Waals surface area contributed by atoms with Crippen molar-refractivity contribution < 1.29 is 13.2 Å². The molecule has 1 atom stereocenters. The van der Waals surface area contributed by atoms with Crippen molar-refractivity contribution in [3.63, 3.8) is 0 Å². The molecule has 0 aliphatic carbocycles. The van der Waals surface area contributed by atoms with E-state index >= 15 is 0 Å². The fourth-order valence-corrected chi connectivity index (χ4v) is 3.64. The van der Waals surface area contributed by atoms with E-state index in [9.17, 15) is 13.2 Å². The van der Waals surface area contributed by atoms with Gasteiger partial charge in [0.25, 0.3) is 0 Å². The number of nitrogens with zero attached hydrogens (tertiary/aromatic N) is 1. The molecule has 140 valence electrons. The van der Waals surface area contributed by atoms with Crippen molar-refractivity contribution in [2.75, 3.05) is 26.2 Å². The minimum Gasteiger partial charge on any atom is -0.314 e. The van der Waals surface area contributed by atoms with Crippen LogP contribution in [0, 0.1) is 5.41 Å². The molecule has 1 saturated heterocycles. The van der Waals surface area contributed by atoms with Crippen LogP contribution in [0.4, 0.5) is 13.2 Å². The number of benzene rings is 1.